The molecule has 0 aromatic heterocycles. The molecule has 0 radical (unpaired) electrons. The van der Waals surface area contributed by atoms with E-state index in [4.69, 9.17) is 5.84 Å². The van der Waals surface area contributed by atoms with E-state index >= 15 is 0 Å². The summed E-state index contributed by atoms with van der Waals surface area (Å²) in [5, 5.41) is 2.88. The first-order valence-electron chi connectivity index (χ1n) is 7.46. The van der Waals surface area contributed by atoms with E-state index < -0.39 is 0 Å². The molecule has 0 aromatic carbocycles. The Balaban J connectivity index is 2.73. The zero-order valence-electron chi connectivity index (χ0n) is 13.2. The van der Waals surface area contributed by atoms with Gasteiger partial charge in [-0.2, -0.15) is 0 Å². The molecule has 4 nitrogen and oxygen atoms in total. The van der Waals surface area contributed by atoms with Gasteiger partial charge in [0, 0.05) is 6.54 Å². The summed E-state index contributed by atoms with van der Waals surface area (Å²) >= 11 is 0. The van der Waals surface area contributed by atoms with Crippen molar-refractivity contribution >= 4 is 6.03 Å². The van der Waals surface area contributed by atoms with Crippen LogP contribution in [-0.4, -0.2) is 12.6 Å². The molecule has 4 N–H and O–H groups in total. The Labute approximate surface area is 117 Å². The zero-order valence-corrected chi connectivity index (χ0v) is 13.2. The third-order valence-corrected chi connectivity index (χ3v) is 4.73. The molecule has 3 unspecified atom stereocenters. The van der Waals surface area contributed by atoms with Gasteiger partial charge in [-0.05, 0) is 41.9 Å². The molecular formula is C15H31N3O. The summed E-state index contributed by atoms with van der Waals surface area (Å²) in [7, 11) is 0. The van der Waals surface area contributed by atoms with Crippen LogP contribution < -0.4 is 16.6 Å². The standard InChI is InChI=1S/C15H31N3O/c1-6-11(2)12-7-14(3,4)9-15(5,8-12)10-17-13(19)18-16/h11-12H,6-10,16H2,1-5H3,(H2,17,18,19). The van der Waals surface area contributed by atoms with Gasteiger partial charge in [-0.25, -0.2) is 10.6 Å². The lowest BCUT2D eigenvalue weighted by Crippen LogP contribution is -2.48. The molecule has 1 aliphatic rings. The molecule has 0 saturated heterocycles. The van der Waals surface area contributed by atoms with Crippen molar-refractivity contribution in [2.24, 2.45) is 28.5 Å². The van der Waals surface area contributed by atoms with Crippen molar-refractivity contribution in [3.63, 3.8) is 0 Å². The summed E-state index contributed by atoms with van der Waals surface area (Å²) in [6.45, 7) is 12.3. The van der Waals surface area contributed by atoms with Crippen molar-refractivity contribution in [1.29, 1.82) is 0 Å². The van der Waals surface area contributed by atoms with Crippen LogP contribution in [-0.2, 0) is 0 Å². The predicted octanol–water partition coefficient (Wildman–Crippen LogP) is 3.04. The highest BCUT2D eigenvalue weighted by atomic mass is 16.2. The van der Waals surface area contributed by atoms with Crippen molar-refractivity contribution in [3.05, 3.63) is 0 Å². The van der Waals surface area contributed by atoms with Crippen molar-refractivity contribution in [3.8, 4) is 0 Å². The molecule has 1 aliphatic carbocycles. The fourth-order valence-corrected chi connectivity index (χ4v) is 3.93. The van der Waals surface area contributed by atoms with Gasteiger partial charge in [0.15, 0.2) is 0 Å². The number of hydrazine groups is 1. The highest BCUT2D eigenvalue weighted by Crippen LogP contribution is 2.50. The zero-order chi connectivity index (χ0) is 14.7. The first kappa shape index (κ1) is 16.3. The van der Waals surface area contributed by atoms with Crippen LogP contribution in [0.15, 0.2) is 0 Å². The SMILES string of the molecule is CCC(C)C1CC(C)(C)CC(C)(CNC(=O)NN)C1. The van der Waals surface area contributed by atoms with Gasteiger partial charge in [-0.15, -0.1) is 0 Å². The van der Waals surface area contributed by atoms with Crippen LogP contribution in [0, 0.1) is 22.7 Å². The average molecular weight is 269 g/mol. The van der Waals surface area contributed by atoms with Crippen LogP contribution in [0.4, 0.5) is 4.79 Å². The fourth-order valence-electron chi connectivity index (χ4n) is 3.93. The second-order valence-corrected chi connectivity index (χ2v) is 7.53. The highest BCUT2D eigenvalue weighted by molar-refractivity contribution is 5.73. The maximum absolute atomic E-state index is 11.3. The Morgan fingerprint density at radius 2 is 2.00 bits per heavy atom. The van der Waals surface area contributed by atoms with Crippen molar-refractivity contribution in [2.45, 2.75) is 60.3 Å². The lowest BCUT2D eigenvalue weighted by molar-refractivity contribution is 0.0324. The van der Waals surface area contributed by atoms with E-state index in [0.717, 1.165) is 18.3 Å². The van der Waals surface area contributed by atoms with Gasteiger partial charge in [0.2, 0.25) is 0 Å². The summed E-state index contributed by atoms with van der Waals surface area (Å²) in [5.41, 5.74) is 2.66. The van der Waals surface area contributed by atoms with Crippen LogP contribution >= 0.6 is 0 Å². The Hall–Kier alpha value is -0.770. The maximum Gasteiger partial charge on any atom is 0.328 e. The van der Waals surface area contributed by atoms with Crippen molar-refractivity contribution in [1.82, 2.24) is 10.7 Å². The van der Waals surface area contributed by atoms with Crippen LogP contribution in [0.1, 0.15) is 60.3 Å². The van der Waals surface area contributed by atoms with E-state index in [1.165, 1.54) is 19.3 Å². The highest BCUT2D eigenvalue weighted by Gasteiger charge is 2.42. The molecule has 112 valence electrons. The molecule has 1 saturated carbocycles. The summed E-state index contributed by atoms with van der Waals surface area (Å²) in [6, 6.07) is -0.287. The molecule has 0 bridgehead atoms. The van der Waals surface area contributed by atoms with Gasteiger partial charge in [0.25, 0.3) is 0 Å². The van der Waals surface area contributed by atoms with Crippen LogP contribution in [0.2, 0.25) is 0 Å². The Morgan fingerprint density at radius 1 is 1.37 bits per heavy atom. The molecule has 0 aliphatic heterocycles. The number of nitrogens with one attached hydrogen (secondary N) is 2. The van der Waals surface area contributed by atoms with E-state index in [0.29, 0.717) is 12.0 Å². The van der Waals surface area contributed by atoms with E-state index in [2.05, 4.69) is 45.4 Å². The molecule has 1 rings (SSSR count). The van der Waals surface area contributed by atoms with Gasteiger partial charge in [-0.1, -0.05) is 41.0 Å². The number of amides is 2. The lowest BCUT2D eigenvalue weighted by Gasteiger charge is -2.48. The molecule has 19 heavy (non-hydrogen) atoms. The minimum absolute atomic E-state index is 0.169. The van der Waals surface area contributed by atoms with E-state index in [1.807, 2.05) is 0 Å². The Morgan fingerprint density at radius 3 is 2.53 bits per heavy atom. The predicted molar refractivity (Wildman–Crippen MR) is 79.4 cm³/mol. The third-order valence-electron chi connectivity index (χ3n) is 4.73. The van der Waals surface area contributed by atoms with Gasteiger partial charge >= 0.3 is 6.03 Å². The molecule has 0 aromatic rings. The molecule has 0 heterocycles. The van der Waals surface area contributed by atoms with E-state index in [9.17, 15) is 4.79 Å². The number of carbonyl (C=O) groups is 1. The Kier molecular flexibility index (Phi) is 5.25. The van der Waals surface area contributed by atoms with Crippen molar-refractivity contribution in [2.75, 3.05) is 6.54 Å². The second-order valence-electron chi connectivity index (χ2n) is 7.53. The topological polar surface area (TPSA) is 67.2 Å². The first-order valence-corrected chi connectivity index (χ1v) is 7.46. The van der Waals surface area contributed by atoms with Crippen LogP contribution in [0.25, 0.3) is 0 Å². The smallest absolute Gasteiger partial charge is 0.328 e. The quantitative estimate of drug-likeness (QED) is 0.417. The number of hydrogen-bond donors (Lipinski definition) is 3. The molecular weight excluding hydrogens is 238 g/mol. The third kappa shape index (κ3) is 4.68. The minimum Gasteiger partial charge on any atom is -0.337 e. The molecule has 2 amide bonds. The second kappa shape index (κ2) is 6.12. The number of urea groups is 1. The number of rotatable bonds is 4. The fraction of sp³-hybridized carbons (Fsp3) is 0.933. The number of nitrogens with two attached hydrogens (primary N) is 1. The van der Waals surface area contributed by atoms with Gasteiger partial charge in [0.1, 0.15) is 0 Å². The summed E-state index contributed by atoms with van der Waals surface area (Å²) < 4.78 is 0. The molecule has 1 fully saturated rings. The van der Waals surface area contributed by atoms with Crippen LogP contribution in [0.5, 0.6) is 0 Å². The average Bonchev–Trinajstić information content (AvgIpc) is 2.32. The maximum atomic E-state index is 11.3. The monoisotopic (exact) mass is 269 g/mol. The minimum atomic E-state index is -0.287. The molecule has 3 atom stereocenters. The van der Waals surface area contributed by atoms with Gasteiger partial charge < -0.3 is 5.32 Å². The van der Waals surface area contributed by atoms with Gasteiger partial charge in [0.05, 0.1) is 0 Å². The van der Waals surface area contributed by atoms with E-state index in [-0.39, 0.29) is 11.4 Å². The van der Waals surface area contributed by atoms with Gasteiger partial charge in [-0.3, -0.25) is 5.43 Å². The van der Waals surface area contributed by atoms with E-state index in [1.54, 1.807) is 0 Å². The van der Waals surface area contributed by atoms with Crippen molar-refractivity contribution < 1.29 is 4.79 Å². The summed E-state index contributed by atoms with van der Waals surface area (Å²) in [4.78, 5) is 11.3. The summed E-state index contributed by atoms with van der Waals surface area (Å²) in [5.74, 6) is 6.62. The Bertz CT molecular complexity index is 317. The number of carbonyl (C=O) groups excluding carboxylic acids is 1. The summed E-state index contributed by atoms with van der Waals surface area (Å²) in [6.07, 6.45) is 4.86. The molecule has 0 spiro atoms. The first-order chi connectivity index (χ1) is 8.71. The largest absolute Gasteiger partial charge is 0.337 e. The normalized spacial score (nSPS) is 31.6. The number of hydrogen-bond acceptors (Lipinski definition) is 2. The van der Waals surface area contributed by atoms with Crippen LogP contribution in [0.3, 0.4) is 0 Å². The lowest BCUT2D eigenvalue weighted by atomic mass is 9.58. The molecule has 4 heteroatoms.